The molecule has 3 aromatic rings. The largest absolute Gasteiger partial charge is 0.280 e. The number of fused-ring (bicyclic) bond motifs is 1. The fourth-order valence-electron chi connectivity index (χ4n) is 1.99. The van der Waals surface area contributed by atoms with Crippen LogP contribution >= 0.6 is 15.9 Å². The van der Waals surface area contributed by atoms with Gasteiger partial charge in [-0.15, -0.1) is 0 Å². The molecule has 1 N–H and O–H groups in total. The van der Waals surface area contributed by atoms with Crippen molar-refractivity contribution >= 4 is 32.7 Å². The molecule has 0 fully saturated rings. The van der Waals surface area contributed by atoms with Crippen molar-refractivity contribution in [1.29, 1.82) is 0 Å². The third-order valence-corrected chi connectivity index (χ3v) is 3.72. The van der Waals surface area contributed by atoms with Crippen LogP contribution in [0.25, 0.3) is 10.9 Å². The number of rotatable bonds is 2. The Hall–Kier alpha value is -2.54. The van der Waals surface area contributed by atoms with Crippen LogP contribution in [0.1, 0.15) is 10.4 Å². The lowest BCUT2D eigenvalue weighted by Gasteiger charge is -2.09. The number of nitrogens with zero attached hydrogens (tertiary/aromatic N) is 2. The van der Waals surface area contributed by atoms with Gasteiger partial charge in [-0.1, -0.05) is 12.1 Å². The molecule has 0 atom stereocenters. The maximum atomic E-state index is 13.0. The Morgan fingerprint density at radius 3 is 2.77 bits per heavy atom. The molecule has 0 bridgehead atoms. The molecule has 0 spiro atoms. The van der Waals surface area contributed by atoms with Gasteiger partial charge in [-0.25, -0.2) is 14.1 Å². The number of hydrogen-bond donors (Lipinski definition) is 1. The van der Waals surface area contributed by atoms with E-state index in [1.54, 1.807) is 24.3 Å². The van der Waals surface area contributed by atoms with E-state index in [1.807, 2.05) is 0 Å². The van der Waals surface area contributed by atoms with E-state index >= 15 is 0 Å². The van der Waals surface area contributed by atoms with Gasteiger partial charge in [0.2, 0.25) is 0 Å². The summed E-state index contributed by atoms with van der Waals surface area (Å²) in [5, 5.41) is 0.392. The number of nitrogens with one attached hydrogen (secondary N) is 1. The highest BCUT2D eigenvalue weighted by Crippen LogP contribution is 2.18. The van der Waals surface area contributed by atoms with Gasteiger partial charge >= 0.3 is 0 Å². The molecule has 3 rings (SSSR count). The van der Waals surface area contributed by atoms with Crippen molar-refractivity contribution in [2.45, 2.75) is 0 Å². The van der Waals surface area contributed by atoms with E-state index in [2.05, 4.69) is 26.3 Å². The van der Waals surface area contributed by atoms with Crippen LogP contribution in [0.15, 0.2) is 58.1 Å². The predicted molar refractivity (Wildman–Crippen MR) is 83.8 cm³/mol. The number of carbonyl (C=O) groups excluding carboxylic acids is 1. The number of carbonyl (C=O) groups is 1. The van der Waals surface area contributed by atoms with Gasteiger partial charge in [0.15, 0.2) is 0 Å². The zero-order valence-corrected chi connectivity index (χ0v) is 12.7. The summed E-state index contributed by atoms with van der Waals surface area (Å²) in [6, 6.07) is 10.5. The van der Waals surface area contributed by atoms with E-state index in [9.17, 15) is 14.0 Å². The standard InChI is InChI=1S/C15H9BrFN3O2/c16-12-7-9(17)5-6-10(12)14(21)19-20-8-18-13-4-2-1-3-11(13)15(20)22/h1-8H,(H,19,21). The Bertz CT molecular complexity index is 939. The first kappa shape index (κ1) is 14.4. The van der Waals surface area contributed by atoms with Crippen LogP contribution in [-0.2, 0) is 0 Å². The molecule has 0 aliphatic carbocycles. The lowest BCUT2D eigenvalue weighted by molar-refractivity contribution is 0.101. The van der Waals surface area contributed by atoms with E-state index in [0.29, 0.717) is 15.4 Å². The quantitative estimate of drug-likeness (QED) is 0.763. The third-order valence-electron chi connectivity index (χ3n) is 3.06. The SMILES string of the molecule is O=C(Nn1cnc2ccccc2c1=O)c1ccc(F)cc1Br. The molecule has 0 saturated carbocycles. The smallest absolute Gasteiger partial charge is 0.267 e. The average Bonchev–Trinajstić information content (AvgIpc) is 2.50. The molecule has 2 aromatic carbocycles. The molecule has 0 radical (unpaired) electrons. The van der Waals surface area contributed by atoms with Crippen molar-refractivity contribution in [3.05, 3.63) is 75.0 Å². The fraction of sp³-hybridized carbons (Fsp3) is 0. The lowest BCUT2D eigenvalue weighted by atomic mass is 10.2. The summed E-state index contributed by atoms with van der Waals surface area (Å²) in [5.41, 5.74) is 2.79. The van der Waals surface area contributed by atoms with Crippen LogP contribution in [0.5, 0.6) is 0 Å². The maximum Gasteiger partial charge on any atom is 0.280 e. The number of hydrogen-bond acceptors (Lipinski definition) is 3. The zero-order chi connectivity index (χ0) is 15.7. The van der Waals surface area contributed by atoms with Crippen molar-refractivity contribution in [2.24, 2.45) is 0 Å². The Morgan fingerprint density at radius 1 is 1.23 bits per heavy atom. The highest BCUT2D eigenvalue weighted by molar-refractivity contribution is 9.10. The first-order valence-corrected chi connectivity index (χ1v) is 7.08. The predicted octanol–water partition coefficient (Wildman–Crippen LogP) is 2.68. The normalized spacial score (nSPS) is 10.6. The second kappa shape index (κ2) is 5.69. The van der Waals surface area contributed by atoms with Crippen LogP contribution in [0.3, 0.4) is 0 Å². The summed E-state index contributed by atoms with van der Waals surface area (Å²) in [5.74, 6) is -1.01. The average molecular weight is 362 g/mol. The zero-order valence-electron chi connectivity index (χ0n) is 11.1. The molecule has 7 heteroatoms. The topological polar surface area (TPSA) is 64.0 Å². The number of para-hydroxylation sites is 1. The summed E-state index contributed by atoms with van der Waals surface area (Å²) in [6.07, 6.45) is 1.24. The van der Waals surface area contributed by atoms with Crippen LogP contribution in [0.2, 0.25) is 0 Å². The summed E-state index contributed by atoms with van der Waals surface area (Å²) in [4.78, 5) is 28.6. The van der Waals surface area contributed by atoms with Crippen LogP contribution in [0.4, 0.5) is 4.39 Å². The fourth-order valence-corrected chi connectivity index (χ4v) is 2.52. The lowest BCUT2D eigenvalue weighted by Crippen LogP contribution is -2.33. The summed E-state index contributed by atoms with van der Waals surface area (Å²) >= 11 is 3.12. The highest BCUT2D eigenvalue weighted by atomic mass is 79.9. The van der Waals surface area contributed by atoms with Gasteiger partial charge < -0.3 is 0 Å². The first-order valence-electron chi connectivity index (χ1n) is 6.29. The van der Waals surface area contributed by atoms with Gasteiger partial charge in [0.1, 0.15) is 12.1 Å². The van der Waals surface area contributed by atoms with Crippen molar-refractivity contribution in [3.8, 4) is 0 Å². The summed E-state index contributed by atoms with van der Waals surface area (Å²) in [6.45, 7) is 0. The Labute approximate surface area is 132 Å². The first-order chi connectivity index (χ1) is 10.6. The molecule has 5 nitrogen and oxygen atoms in total. The Kier molecular flexibility index (Phi) is 3.72. The van der Waals surface area contributed by atoms with E-state index in [4.69, 9.17) is 0 Å². The summed E-state index contributed by atoms with van der Waals surface area (Å²) < 4.78 is 14.3. The van der Waals surface area contributed by atoms with E-state index in [-0.39, 0.29) is 5.56 Å². The molecule has 0 unspecified atom stereocenters. The van der Waals surface area contributed by atoms with Gasteiger partial charge in [-0.2, -0.15) is 0 Å². The van der Waals surface area contributed by atoms with E-state index in [1.165, 1.54) is 24.5 Å². The van der Waals surface area contributed by atoms with Gasteiger partial charge in [-0.05, 0) is 46.3 Å². The molecule has 110 valence electrons. The van der Waals surface area contributed by atoms with Crippen molar-refractivity contribution in [1.82, 2.24) is 9.66 Å². The third kappa shape index (κ3) is 2.62. The number of benzene rings is 2. The second-order valence-corrected chi connectivity index (χ2v) is 5.36. The van der Waals surface area contributed by atoms with Crippen LogP contribution in [0, 0.1) is 5.82 Å². The van der Waals surface area contributed by atoms with Crippen LogP contribution < -0.4 is 11.0 Å². The number of aromatic nitrogens is 2. The maximum absolute atomic E-state index is 13.0. The molecule has 1 heterocycles. The Balaban J connectivity index is 1.98. The molecule has 22 heavy (non-hydrogen) atoms. The molecular formula is C15H9BrFN3O2. The minimum Gasteiger partial charge on any atom is -0.267 e. The molecule has 0 saturated heterocycles. The van der Waals surface area contributed by atoms with Crippen molar-refractivity contribution in [2.75, 3.05) is 5.43 Å². The second-order valence-electron chi connectivity index (χ2n) is 4.50. The molecular weight excluding hydrogens is 353 g/mol. The number of amides is 1. The molecule has 1 amide bonds. The minimum absolute atomic E-state index is 0.210. The Morgan fingerprint density at radius 2 is 2.00 bits per heavy atom. The van der Waals surface area contributed by atoms with Crippen molar-refractivity contribution < 1.29 is 9.18 Å². The monoisotopic (exact) mass is 361 g/mol. The number of halogens is 2. The minimum atomic E-state index is -0.550. The van der Waals surface area contributed by atoms with Gasteiger partial charge in [0.25, 0.3) is 11.5 Å². The van der Waals surface area contributed by atoms with Crippen LogP contribution in [-0.4, -0.2) is 15.6 Å². The van der Waals surface area contributed by atoms with Gasteiger partial charge in [-0.3, -0.25) is 15.0 Å². The van der Waals surface area contributed by atoms with Gasteiger partial charge in [0.05, 0.1) is 16.5 Å². The molecule has 0 aliphatic heterocycles. The highest BCUT2D eigenvalue weighted by Gasteiger charge is 2.12. The molecule has 0 aliphatic rings. The van der Waals surface area contributed by atoms with E-state index < -0.39 is 17.3 Å². The van der Waals surface area contributed by atoms with E-state index in [0.717, 1.165) is 4.68 Å². The van der Waals surface area contributed by atoms with Crippen molar-refractivity contribution in [3.63, 3.8) is 0 Å². The van der Waals surface area contributed by atoms with Gasteiger partial charge in [0, 0.05) is 4.47 Å². The molecule has 1 aromatic heterocycles. The summed E-state index contributed by atoms with van der Waals surface area (Å²) in [7, 11) is 0.